The summed E-state index contributed by atoms with van der Waals surface area (Å²) in [4.78, 5) is 11.7. The van der Waals surface area contributed by atoms with E-state index < -0.39 is 4.32 Å². The third kappa shape index (κ3) is 2.32. The highest BCUT2D eigenvalue weighted by molar-refractivity contribution is 9.10. The number of hydrogen-bond donors (Lipinski definition) is 0. The SMILES string of the molecule is CCOC(=O)[C@]1(Br)C[C@@H]1c1ccc(OC)cc1. The van der Waals surface area contributed by atoms with Crippen LogP contribution in [0.4, 0.5) is 0 Å². The van der Waals surface area contributed by atoms with Crippen molar-refractivity contribution in [2.45, 2.75) is 23.6 Å². The van der Waals surface area contributed by atoms with Gasteiger partial charge in [-0.25, -0.2) is 0 Å². The molecule has 2 rings (SSSR count). The standard InChI is InChI=1S/C13H15BrO3/c1-3-17-12(15)13(14)8-11(13)9-4-6-10(16-2)7-5-9/h4-7,11H,3,8H2,1-2H3/t11-,13+/m1/s1. The molecule has 0 bridgehead atoms. The maximum atomic E-state index is 11.7. The first-order chi connectivity index (χ1) is 8.11. The molecule has 1 aliphatic carbocycles. The third-order valence-electron chi connectivity index (χ3n) is 3.03. The zero-order valence-electron chi connectivity index (χ0n) is 9.90. The van der Waals surface area contributed by atoms with Crippen LogP contribution < -0.4 is 4.74 Å². The van der Waals surface area contributed by atoms with Crippen LogP contribution in [0.2, 0.25) is 0 Å². The molecule has 1 saturated carbocycles. The van der Waals surface area contributed by atoms with Crippen molar-refractivity contribution >= 4 is 21.9 Å². The molecule has 92 valence electrons. The number of carbonyl (C=O) groups is 1. The molecule has 0 radical (unpaired) electrons. The Morgan fingerprint density at radius 2 is 2.12 bits per heavy atom. The van der Waals surface area contributed by atoms with Crippen LogP contribution in [0.5, 0.6) is 5.75 Å². The number of benzene rings is 1. The van der Waals surface area contributed by atoms with E-state index in [0.717, 1.165) is 17.7 Å². The predicted octanol–water partition coefficient (Wildman–Crippen LogP) is 2.88. The van der Waals surface area contributed by atoms with Crippen LogP contribution in [-0.2, 0) is 9.53 Å². The summed E-state index contributed by atoms with van der Waals surface area (Å²) in [6.07, 6.45) is 0.790. The Hall–Kier alpha value is -1.03. The Kier molecular flexibility index (Phi) is 3.43. The van der Waals surface area contributed by atoms with E-state index >= 15 is 0 Å². The number of methoxy groups -OCH3 is 1. The summed E-state index contributed by atoms with van der Waals surface area (Å²) in [5.41, 5.74) is 1.13. The van der Waals surface area contributed by atoms with Gasteiger partial charge in [-0.05, 0) is 31.0 Å². The molecule has 0 amide bonds. The number of carbonyl (C=O) groups excluding carboxylic acids is 1. The maximum Gasteiger partial charge on any atom is 0.323 e. The summed E-state index contributed by atoms with van der Waals surface area (Å²) in [6, 6.07) is 7.80. The number of rotatable bonds is 4. The normalized spacial score (nSPS) is 26.4. The Morgan fingerprint density at radius 3 is 2.65 bits per heavy atom. The van der Waals surface area contributed by atoms with Gasteiger partial charge < -0.3 is 9.47 Å². The number of alkyl halides is 1. The van der Waals surface area contributed by atoms with Crippen LogP contribution in [0.3, 0.4) is 0 Å². The minimum absolute atomic E-state index is 0.166. The van der Waals surface area contributed by atoms with Crippen molar-refractivity contribution < 1.29 is 14.3 Å². The molecule has 1 fully saturated rings. The van der Waals surface area contributed by atoms with E-state index in [4.69, 9.17) is 9.47 Å². The maximum absolute atomic E-state index is 11.7. The van der Waals surface area contributed by atoms with Crippen molar-refractivity contribution in [1.29, 1.82) is 0 Å². The summed E-state index contributed by atoms with van der Waals surface area (Å²) in [7, 11) is 1.64. The van der Waals surface area contributed by atoms with E-state index in [9.17, 15) is 4.79 Å². The summed E-state index contributed by atoms with van der Waals surface area (Å²) in [5, 5.41) is 0. The van der Waals surface area contributed by atoms with Crippen LogP contribution in [0.15, 0.2) is 24.3 Å². The molecule has 0 unspecified atom stereocenters. The molecule has 1 aromatic carbocycles. The largest absolute Gasteiger partial charge is 0.497 e. The average Bonchev–Trinajstić information content (AvgIpc) is 3.04. The number of ether oxygens (including phenoxy) is 2. The highest BCUT2D eigenvalue weighted by Crippen LogP contribution is 2.58. The number of halogens is 1. The first kappa shape index (κ1) is 12.4. The highest BCUT2D eigenvalue weighted by Gasteiger charge is 2.60. The second kappa shape index (κ2) is 4.69. The number of hydrogen-bond acceptors (Lipinski definition) is 3. The average molecular weight is 299 g/mol. The Labute approximate surface area is 109 Å². The van der Waals surface area contributed by atoms with Crippen LogP contribution in [0.25, 0.3) is 0 Å². The number of esters is 1. The molecule has 1 aromatic rings. The van der Waals surface area contributed by atoms with Crippen molar-refractivity contribution in [3.63, 3.8) is 0 Å². The highest BCUT2D eigenvalue weighted by atomic mass is 79.9. The second-order valence-corrected chi connectivity index (χ2v) is 5.53. The van der Waals surface area contributed by atoms with Crippen molar-refractivity contribution in [3.05, 3.63) is 29.8 Å². The van der Waals surface area contributed by atoms with E-state index in [1.807, 2.05) is 31.2 Å². The first-order valence-corrected chi connectivity index (χ1v) is 6.41. The van der Waals surface area contributed by atoms with Crippen molar-refractivity contribution in [2.24, 2.45) is 0 Å². The molecule has 1 aliphatic rings. The molecule has 0 aliphatic heterocycles. The summed E-state index contributed by atoms with van der Waals surface area (Å²) < 4.78 is 9.64. The summed E-state index contributed by atoms with van der Waals surface area (Å²) in [5.74, 6) is 0.860. The van der Waals surface area contributed by atoms with Gasteiger partial charge in [0.1, 0.15) is 10.1 Å². The summed E-state index contributed by atoms with van der Waals surface area (Å²) >= 11 is 3.49. The minimum Gasteiger partial charge on any atom is -0.497 e. The second-order valence-electron chi connectivity index (χ2n) is 4.11. The van der Waals surface area contributed by atoms with Gasteiger partial charge in [-0.2, -0.15) is 0 Å². The molecule has 0 N–H and O–H groups in total. The zero-order valence-corrected chi connectivity index (χ0v) is 11.5. The van der Waals surface area contributed by atoms with Gasteiger partial charge in [0.2, 0.25) is 0 Å². The van der Waals surface area contributed by atoms with Crippen LogP contribution >= 0.6 is 15.9 Å². The molecule has 0 saturated heterocycles. The van der Waals surface area contributed by atoms with Crippen LogP contribution in [0, 0.1) is 0 Å². The van der Waals surface area contributed by atoms with Crippen molar-refractivity contribution in [1.82, 2.24) is 0 Å². The fourth-order valence-electron chi connectivity index (χ4n) is 1.93. The lowest BCUT2D eigenvalue weighted by atomic mass is 10.1. The van der Waals surface area contributed by atoms with E-state index in [2.05, 4.69) is 15.9 Å². The lowest BCUT2D eigenvalue weighted by Gasteiger charge is -2.09. The Bertz CT molecular complexity index is 415. The predicted molar refractivity (Wildman–Crippen MR) is 68.6 cm³/mol. The monoisotopic (exact) mass is 298 g/mol. The van der Waals surface area contributed by atoms with Crippen LogP contribution in [0.1, 0.15) is 24.8 Å². The Morgan fingerprint density at radius 1 is 1.47 bits per heavy atom. The molecule has 4 heteroatoms. The van der Waals surface area contributed by atoms with Crippen molar-refractivity contribution in [3.8, 4) is 5.75 Å². The van der Waals surface area contributed by atoms with Gasteiger partial charge in [-0.3, -0.25) is 4.79 Å². The first-order valence-electron chi connectivity index (χ1n) is 5.62. The lowest BCUT2D eigenvalue weighted by molar-refractivity contribution is -0.143. The van der Waals surface area contributed by atoms with Gasteiger partial charge in [-0.1, -0.05) is 28.1 Å². The van der Waals surface area contributed by atoms with Gasteiger partial charge in [0.25, 0.3) is 0 Å². The molecule has 2 atom stereocenters. The topological polar surface area (TPSA) is 35.5 Å². The molecule has 17 heavy (non-hydrogen) atoms. The van der Waals surface area contributed by atoms with Crippen LogP contribution in [-0.4, -0.2) is 24.0 Å². The van der Waals surface area contributed by atoms with Gasteiger partial charge in [0.05, 0.1) is 13.7 Å². The van der Waals surface area contributed by atoms with Gasteiger partial charge in [0, 0.05) is 5.92 Å². The van der Waals surface area contributed by atoms with Gasteiger partial charge in [0.15, 0.2) is 0 Å². The fraction of sp³-hybridized carbons (Fsp3) is 0.462. The molecular weight excluding hydrogens is 284 g/mol. The van der Waals surface area contributed by atoms with Gasteiger partial charge >= 0.3 is 5.97 Å². The third-order valence-corrected chi connectivity index (χ3v) is 4.23. The summed E-state index contributed by atoms with van der Waals surface area (Å²) in [6.45, 7) is 2.24. The fourth-order valence-corrected chi connectivity index (χ4v) is 2.64. The van der Waals surface area contributed by atoms with E-state index in [1.54, 1.807) is 7.11 Å². The molecule has 0 aromatic heterocycles. The molecular formula is C13H15BrO3. The molecule has 0 spiro atoms. The molecule has 3 nitrogen and oxygen atoms in total. The molecule has 0 heterocycles. The minimum atomic E-state index is -0.516. The van der Waals surface area contributed by atoms with E-state index in [0.29, 0.717) is 6.61 Å². The van der Waals surface area contributed by atoms with E-state index in [1.165, 1.54) is 0 Å². The van der Waals surface area contributed by atoms with Crippen molar-refractivity contribution in [2.75, 3.05) is 13.7 Å². The zero-order chi connectivity index (χ0) is 12.5. The quantitative estimate of drug-likeness (QED) is 0.633. The van der Waals surface area contributed by atoms with E-state index in [-0.39, 0.29) is 11.9 Å². The smallest absolute Gasteiger partial charge is 0.323 e. The lowest BCUT2D eigenvalue weighted by Crippen LogP contribution is -2.20. The van der Waals surface area contributed by atoms with Gasteiger partial charge in [-0.15, -0.1) is 0 Å². The Balaban J connectivity index is 2.08.